The van der Waals surface area contributed by atoms with Gasteiger partial charge in [-0.25, -0.2) is 15.0 Å². The Kier molecular flexibility index (Phi) is 6.67. The summed E-state index contributed by atoms with van der Waals surface area (Å²) in [6, 6.07) is 13.7. The number of nitrogens with zero attached hydrogens (tertiary/aromatic N) is 5. The van der Waals surface area contributed by atoms with E-state index in [9.17, 15) is 9.59 Å². The first-order chi connectivity index (χ1) is 16.4. The van der Waals surface area contributed by atoms with Crippen LogP contribution in [0.1, 0.15) is 25.0 Å². The Morgan fingerprint density at radius 3 is 2.44 bits per heavy atom. The van der Waals surface area contributed by atoms with E-state index in [1.165, 1.54) is 17.1 Å². The third kappa shape index (κ3) is 4.80. The fraction of sp³-hybridized carbons (Fsp3) is 0.269. The normalized spacial score (nSPS) is 10.9. The maximum atomic E-state index is 12.9. The van der Waals surface area contributed by atoms with Crippen LogP contribution >= 0.6 is 0 Å². The van der Waals surface area contributed by atoms with Gasteiger partial charge in [0.2, 0.25) is 5.91 Å². The number of hydrogen-bond donors (Lipinski definition) is 1. The van der Waals surface area contributed by atoms with Gasteiger partial charge in [-0.15, -0.1) is 0 Å². The van der Waals surface area contributed by atoms with E-state index in [0.717, 1.165) is 35.5 Å². The van der Waals surface area contributed by atoms with Gasteiger partial charge in [0.05, 0.1) is 0 Å². The van der Waals surface area contributed by atoms with Crippen LogP contribution in [0.4, 0.5) is 11.4 Å². The summed E-state index contributed by atoms with van der Waals surface area (Å²) in [7, 11) is 0. The molecule has 4 aromatic rings. The molecule has 0 radical (unpaired) electrons. The Labute approximate surface area is 198 Å². The Bertz CT molecular complexity index is 1390. The van der Waals surface area contributed by atoms with Crippen molar-refractivity contribution in [2.75, 3.05) is 23.3 Å². The number of anilines is 2. The fourth-order valence-electron chi connectivity index (χ4n) is 3.83. The number of carbonyl (C=O) groups excluding carboxylic acids is 1. The standard InChI is InChI=1S/C26H28N6O2/c1-5-31(6-2)20-11-12-22(18(4)13-20)29-23(33)15-32-16-28-25-21(26(32)34)14-27-24(30-25)19-9-7-17(3)8-10-19/h7-14,16H,5-6,15H2,1-4H3,(H,29,33). The second-order valence-corrected chi connectivity index (χ2v) is 8.19. The van der Waals surface area contributed by atoms with Gasteiger partial charge in [0.1, 0.15) is 18.3 Å². The summed E-state index contributed by atoms with van der Waals surface area (Å²) in [6.07, 6.45) is 2.82. The lowest BCUT2D eigenvalue weighted by atomic mass is 10.1. The van der Waals surface area contributed by atoms with E-state index in [1.807, 2.05) is 50.2 Å². The molecule has 4 rings (SSSR count). The number of hydrogen-bond acceptors (Lipinski definition) is 6. The van der Waals surface area contributed by atoms with Crippen molar-refractivity contribution in [2.45, 2.75) is 34.2 Å². The van der Waals surface area contributed by atoms with Crippen molar-refractivity contribution in [3.63, 3.8) is 0 Å². The number of carbonyl (C=O) groups is 1. The van der Waals surface area contributed by atoms with E-state index >= 15 is 0 Å². The molecule has 34 heavy (non-hydrogen) atoms. The lowest BCUT2D eigenvalue weighted by Gasteiger charge is -2.22. The van der Waals surface area contributed by atoms with E-state index < -0.39 is 0 Å². The molecule has 8 heteroatoms. The maximum Gasteiger partial charge on any atom is 0.264 e. The van der Waals surface area contributed by atoms with E-state index in [2.05, 4.69) is 45.1 Å². The zero-order valence-corrected chi connectivity index (χ0v) is 19.9. The van der Waals surface area contributed by atoms with Crippen molar-refractivity contribution in [3.05, 3.63) is 76.5 Å². The minimum absolute atomic E-state index is 0.154. The lowest BCUT2D eigenvalue weighted by molar-refractivity contribution is -0.116. The van der Waals surface area contributed by atoms with Gasteiger partial charge in [0.15, 0.2) is 11.5 Å². The molecule has 1 amide bonds. The molecule has 2 heterocycles. The highest BCUT2D eigenvalue weighted by Crippen LogP contribution is 2.23. The number of amides is 1. The predicted molar refractivity (Wildman–Crippen MR) is 135 cm³/mol. The molecule has 2 aromatic carbocycles. The largest absolute Gasteiger partial charge is 0.372 e. The summed E-state index contributed by atoms with van der Waals surface area (Å²) in [6.45, 7) is 9.85. The second kappa shape index (κ2) is 9.82. The maximum absolute atomic E-state index is 12.9. The number of nitrogens with one attached hydrogen (secondary N) is 1. The van der Waals surface area contributed by atoms with Crippen LogP contribution in [-0.2, 0) is 11.3 Å². The van der Waals surface area contributed by atoms with Crippen LogP contribution in [0.15, 0.2) is 59.8 Å². The number of benzene rings is 2. The minimum atomic E-state index is -0.357. The molecule has 0 bridgehead atoms. The Morgan fingerprint density at radius 2 is 1.76 bits per heavy atom. The molecule has 2 aromatic heterocycles. The van der Waals surface area contributed by atoms with Crippen molar-refractivity contribution in [2.24, 2.45) is 0 Å². The second-order valence-electron chi connectivity index (χ2n) is 8.19. The van der Waals surface area contributed by atoms with Crippen molar-refractivity contribution in [1.82, 2.24) is 19.5 Å². The van der Waals surface area contributed by atoms with Crippen molar-refractivity contribution < 1.29 is 4.79 Å². The van der Waals surface area contributed by atoms with Gasteiger partial charge in [-0.05, 0) is 51.5 Å². The molecule has 0 aliphatic carbocycles. The number of aromatic nitrogens is 4. The molecule has 8 nitrogen and oxygen atoms in total. The van der Waals surface area contributed by atoms with Gasteiger partial charge in [-0.3, -0.25) is 14.2 Å². The third-order valence-corrected chi connectivity index (χ3v) is 5.82. The van der Waals surface area contributed by atoms with Gasteiger partial charge in [-0.2, -0.15) is 0 Å². The quantitative estimate of drug-likeness (QED) is 0.453. The van der Waals surface area contributed by atoms with Crippen LogP contribution in [0.25, 0.3) is 22.4 Å². The third-order valence-electron chi connectivity index (χ3n) is 5.82. The zero-order chi connectivity index (χ0) is 24.2. The fourth-order valence-corrected chi connectivity index (χ4v) is 3.83. The minimum Gasteiger partial charge on any atom is -0.372 e. The van der Waals surface area contributed by atoms with E-state index in [0.29, 0.717) is 17.2 Å². The average molecular weight is 457 g/mol. The van der Waals surface area contributed by atoms with E-state index in [-0.39, 0.29) is 23.4 Å². The molecule has 0 saturated carbocycles. The summed E-state index contributed by atoms with van der Waals surface area (Å²) >= 11 is 0. The van der Waals surface area contributed by atoms with Gasteiger partial charge in [0.25, 0.3) is 5.56 Å². The Balaban J connectivity index is 1.52. The molecule has 1 N–H and O–H groups in total. The number of fused-ring (bicyclic) bond motifs is 1. The first-order valence-electron chi connectivity index (χ1n) is 11.3. The SMILES string of the molecule is CCN(CC)c1ccc(NC(=O)Cn2cnc3nc(-c4ccc(C)cc4)ncc3c2=O)c(C)c1. The zero-order valence-electron chi connectivity index (χ0n) is 19.9. The van der Waals surface area contributed by atoms with Crippen LogP contribution in [0, 0.1) is 13.8 Å². The highest BCUT2D eigenvalue weighted by Gasteiger charge is 2.13. The summed E-state index contributed by atoms with van der Waals surface area (Å²) < 4.78 is 1.27. The van der Waals surface area contributed by atoms with Crippen LogP contribution in [0.2, 0.25) is 0 Å². The van der Waals surface area contributed by atoms with E-state index in [1.54, 1.807) is 0 Å². The van der Waals surface area contributed by atoms with Crippen LogP contribution in [0.3, 0.4) is 0 Å². The average Bonchev–Trinajstić information content (AvgIpc) is 2.83. The summed E-state index contributed by atoms with van der Waals surface area (Å²) in [4.78, 5) is 40.9. The van der Waals surface area contributed by atoms with Gasteiger partial charge < -0.3 is 10.2 Å². The molecule has 0 atom stereocenters. The van der Waals surface area contributed by atoms with Gasteiger partial charge in [0, 0.05) is 36.2 Å². The van der Waals surface area contributed by atoms with Crippen LogP contribution in [-0.4, -0.2) is 38.5 Å². The monoisotopic (exact) mass is 456 g/mol. The summed E-state index contributed by atoms with van der Waals surface area (Å²) in [5.74, 6) is 0.192. The Hall–Kier alpha value is -4.07. The highest BCUT2D eigenvalue weighted by atomic mass is 16.2. The molecular formula is C26H28N6O2. The summed E-state index contributed by atoms with van der Waals surface area (Å²) in [5, 5.41) is 3.16. The molecule has 0 spiro atoms. The first kappa shape index (κ1) is 23.1. The lowest BCUT2D eigenvalue weighted by Crippen LogP contribution is -2.28. The predicted octanol–water partition coefficient (Wildman–Crippen LogP) is 3.96. The van der Waals surface area contributed by atoms with Gasteiger partial charge in [-0.1, -0.05) is 29.8 Å². The number of rotatable bonds is 7. The molecule has 0 unspecified atom stereocenters. The van der Waals surface area contributed by atoms with Crippen molar-refractivity contribution in [1.29, 1.82) is 0 Å². The van der Waals surface area contributed by atoms with E-state index in [4.69, 9.17) is 0 Å². The molecule has 0 aliphatic heterocycles. The first-order valence-corrected chi connectivity index (χ1v) is 11.3. The van der Waals surface area contributed by atoms with Crippen molar-refractivity contribution >= 4 is 28.3 Å². The molecule has 174 valence electrons. The number of aryl methyl sites for hydroxylation is 2. The van der Waals surface area contributed by atoms with Crippen molar-refractivity contribution in [3.8, 4) is 11.4 Å². The smallest absolute Gasteiger partial charge is 0.264 e. The molecule has 0 fully saturated rings. The Morgan fingerprint density at radius 1 is 1.03 bits per heavy atom. The van der Waals surface area contributed by atoms with Gasteiger partial charge >= 0.3 is 0 Å². The topological polar surface area (TPSA) is 93.0 Å². The molecule has 0 saturated heterocycles. The molecular weight excluding hydrogens is 428 g/mol. The highest BCUT2D eigenvalue weighted by molar-refractivity contribution is 5.91. The van der Waals surface area contributed by atoms with Crippen LogP contribution in [0.5, 0.6) is 0 Å². The summed E-state index contributed by atoms with van der Waals surface area (Å²) in [5.41, 5.74) is 4.71. The molecule has 0 aliphatic rings. The van der Waals surface area contributed by atoms with Crippen LogP contribution < -0.4 is 15.8 Å².